The minimum atomic E-state index is -0.541. The van der Waals surface area contributed by atoms with Crippen molar-refractivity contribution in [2.45, 2.75) is 0 Å². The summed E-state index contributed by atoms with van der Waals surface area (Å²) in [4.78, 5) is 24.2. The molecule has 0 spiro atoms. The summed E-state index contributed by atoms with van der Waals surface area (Å²) in [6.07, 6.45) is 3.72. The number of methoxy groups -OCH3 is 1. The van der Waals surface area contributed by atoms with Crippen LogP contribution in [-0.2, 0) is 9.53 Å². The van der Waals surface area contributed by atoms with E-state index < -0.39 is 10.9 Å². The number of pyridine rings is 1. The van der Waals surface area contributed by atoms with Crippen LogP contribution in [0.4, 0.5) is 5.69 Å². The smallest absolute Gasteiger partial charge is 0.330 e. The van der Waals surface area contributed by atoms with Crippen LogP contribution in [0.2, 0.25) is 0 Å². The Bertz CT molecular complexity index is 397. The van der Waals surface area contributed by atoms with Crippen LogP contribution in [0.25, 0.3) is 6.08 Å². The molecule has 0 N–H and O–H groups in total. The molecule has 1 rings (SSSR count). The Labute approximate surface area is 85.3 Å². The van der Waals surface area contributed by atoms with Crippen molar-refractivity contribution in [3.63, 3.8) is 0 Å². The topological polar surface area (TPSA) is 82.3 Å². The second-order valence-corrected chi connectivity index (χ2v) is 2.55. The fourth-order valence-corrected chi connectivity index (χ4v) is 0.826. The summed E-state index contributed by atoms with van der Waals surface area (Å²) in [6, 6.07) is 2.75. The molecule has 0 aliphatic heterocycles. The lowest BCUT2D eigenvalue weighted by Gasteiger charge is -1.92. The van der Waals surface area contributed by atoms with Crippen LogP contribution in [-0.4, -0.2) is 23.0 Å². The zero-order valence-corrected chi connectivity index (χ0v) is 7.91. The first-order valence-electron chi connectivity index (χ1n) is 4.00. The molecule has 0 radical (unpaired) electrons. The molecule has 0 saturated heterocycles. The molecule has 0 saturated carbocycles. The third-order valence-corrected chi connectivity index (χ3v) is 1.57. The Morgan fingerprint density at radius 2 is 2.33 bits per heavy atom. The minimum absolute atomic E-state index is 0.0924. The maximum atomic E-state index is 10.7. The second-order valence-electron chi connectivity index (χ2n) is 2.55. The third kappa shape index (κ3) is 3.18. The highest BCUT2D eigenvalue weighted by atomic mass is 16.6. The summed E-state index contributed by atoms with van der Waals surface area (Å²) < 4.78 is 4.37. The first kappa shape index (κ1) is 10.8. The first-order chi connectivity index (χ1) is 7.13. The SMILES string of the molecule is COC(=O)C=Cc1ccc([N+](=O)[O-])cn1. The van der Waals surface area contributed by atoms with Gasteiger partial charge in [-0.25, -0.2) is 9.78 Å². The average Bonchev–Trinajstić information content (AvgIpc) is 2.26. The normalized spacial score (nSPS) is 10.2. The van der Waals surface area contributed by atoms with Gasteiger partial charge in [0.05, 0.1) is 17.7 Å². The number of carbonyl (C=O) groups excluding carboxylic acids is 1. The molecule has 0 aromatic carbocycles. The van der Waals surface area contributed by atoms with Gasteiger partial charge >= 0.3 is 5.97 Å². The van der Waals surface area contributed by atoms with Crippen molar-refractivity contribution >= 4 is 17.7 Å². The van der Waals surface area contributed by atoms with E-state index >= 15 is 0 Å². The van der Waals surface area contributed by atoms with Gasteiger partial charge in [-0.3, -0.25) is 10.1 Å². The molecule has 78 valence electrons. The van der Waals surface area contributed by atoms with Crippen LogP contribution in [0.1, 0.15) is 5.69 Å². The number of esters is 1. The van der Waals surface area contributed by atoms with Crippen molar-refractivity contribution in [3.8, 4) is 0 Å². The molecule has 15 heavy (non-hydrogen) atoms. The lowest BCUT2D eigenvalue weighted by Crippen LogP contribution is -1.94. The van der Waals surface area contributed by atoms with E-state index in [4.69, 9.17) is 0 Å². The van der Waals surface area contributed by atoms with E-state index in [0.29, 0.717) is 5.69 Å². The fourth-order valence-electron chi connectivity index (χ4n) is 0.826. The Balaban J connectivity index is 2.77. The summed E-state index contributed by atoms with van der Waals surface area (Å²) in [6.45, 7) is 0. The van der Waals surface area contributed by atoms with Crippen LogP contribution in [0, 0.1) is 10.1 Å². The standard InChI is InChI=1S/C9H8N2O4/c1-15-9(12)5-3-7-2-4-8(6-10-7)11(13)14/h2-6H,1H3. The average molecular weight is 208 g/mol. The van der Waals surface area contributed by atoms with Gasteiger partial charge in [-0.05, 0) is 12.1 Å². The molecule has 1 aromatic heterocycles. The van der Waals surface area contributed by atoms with Gasteiger partial charge in [0.15, 0.2) is 0 Å². The number of aromatic nitrogens is 1. The molecule has 0 aliphatic carbocycles. The number of nitro groups is 1. The van der Waals surface area contributed by atoms with Crippen LogP contribution < -0.4 is 0 Å². The van der Waals surface area contributed by atoms with Crippen molar-refractivity contribution in [1.82, 2.24) is 4.98 Å². The van der Waals surface area contributed by atoms with Crippen LogP contribution in [0.15, 0.2) is 24.4 Å². The van der Waals surface area contributed by atoms with Crippen molar-refractivity contribution in [2.24, 2.45) is 0 Å². The summed E-state index contributed by atoms with van der Waals surface area (Å²) in [5.41, 5.74) is 0.358. The number of nitrogens with zero attached hydrogens (tertiary/aromatic N) is 2. The molecule has 6 nitrogen and oxygen atoms in total. The number of hydrogen-bond donors (Lipinski definition) is 0. The van der Waals surface area contributed by atoms with E-state index in [-0.39, 0.29) is 5.69 Å². The van der Waals surface area contributed by atoms with E-state index in [2.05, 4.69) is 9.72 Å². The monoisotopic (exact) mass is 208 g/mol. The third-order valence-electron chi connectivity index (χ3n) is 1.57. The predicted molar refractivity (Wildman–Crippen MR) is 51.9 cm³/mol. The molecule has 6 heteroatoms. The van der Waals surface area contributed by atoms with Crippen molar-refractivity contribution in [3.05, 3.63) is 40.2 Å². The largest absolute Gasteiger partial charge is 0.466 e. The highest BCUT2D eigenvalue weighted by Crippen LogP contribution is 2.09. The van der Waals surface area contributed by atoms with Gasteiger partial charge in [-0.2, -0.15) is 0 Å². The second kappa shape index (κ2) is 4.85. The molecular weight excluding hydrogens is 200 g/mol. The maximum absolute atomic E-state index is 10.7. The lowest BCUT2D eigenvalue weighted by atomic mass is 10.3. The fraction of sp³-hybridized carbons (Fsp3) is 0.111. The molecule has 0 bridgehead atoms. The first-order valence-corrected chi connectivity index (χ1v) is 4.00. The summed E-state index contributed by atoms with van der Waals surface area (Å²) in [7, 11) is 1.26. The van der Waals surface area contributed by atoms with E-state index in [1.165, 1.54) is 31.4 Å². The summed E-state index contributed by atoms with van der Waals surface area (Å²) >= 11 is 0. The van der Waals surface area contributed by atoms with E-state index in [9.17, 15) is 14.9 Å². The van der Waals surface area contributed by atoms with Gasteiger partial charge < -0.3 is 4.74 Å². The zero-order valence-electron chi connectivity index (χ0n) is 7.91. The van der Waals surface area contributed by atoms with E-state index in [1.807, 2.05) is 0 Å². The lowest BCUT2D eigenvalue weighted by molar-refractivity contribution is -0.385. The highest BCUT2D eigenvalue weighted by Gasteiger charge is 2.03. The minimum Gasteiger partial charge on any atom is -0.466 e. The molecule has 0 aliphatic rings. The number of rotatable bonds is 3. The van der Waals surface area contributed by atoms with Gasteiger partial charge in [-0.15, -0.1) is 0 Å². The molecule has 0 amide bonds. The van der Waals surface area contributed by atoms with Gasteiger partial charge in [0.2, 0.25) is 0 Å². The zero-order chi connectivity index (χ0) is 11.3. The number of ether oxygens (including phenoxy) is 1. The summed E-state index contributed by atoms with van der Waals surface area (Å²) in [5, 5.41) is 10.3. The van der Waals surface area contributed by atoms with Crippen molar-refractivity contribution in [1.29, 1.82) is 0 Å². The van der Waals surface area contributed by atoms with Gasteiger partial charge in [0.25, 0.3) is 5.69 Å². The van der Waals surface area contributed by atoms with Gasteiger partial charge in [0, 0.05) is 12.1 Å². The molecular formula is C9H8N2O4. The Morgan fingerprint density at radius 1 is 1.60 bits per heavy atom. The van der Waals surface area contributed by atoms with Crippen LogP contribution >= 0.6 is 0 Å². The molecule has 0 unspecified atom stereocenters. The van der Waals surface area contributed by atoms with E-state index in [1.54, 1.807) is 0 Å². The van der Waals surface area contributed by atoms with Gasteiger partial charge in [0.1, 0.15) is 6.20 Å². The molecule has 1 aromatic rings. The summed E-state index contributed by atoms with van der Waals surface area (Å²) in [5.74, 6) is -0.504. The highest BCUT2D eigenvalue weighted by molar-refractivity contribution is 5.86. The van der Waals surface area contributed by atoms with Crippen molar-refractivity contribution < 1.29 is 14.5 Å². The Kier molecular flexibility index (Phi) is 3.50. The quantitative estimate of drug-likeness (QED) is 0.322. The maximum Gasteiger partial charge on any atom is 0.330 e. The van der Waals surface area contributed by atoms with Crippen LogP contribution in [0.5, 0.6) is 0 Å². The Morgan fingerprint density at radius 3 is 2.80 bits per heavy atom. The predicted octanol–water partition coefficient (Wildman–Crippen LogP) is 1.18. The Hall–Kier alpha value is -2.24. The number of carbonyl (C=O) groups is 1. The molecule has 0 atom stereocenters. The number of hydrogen-bond acceptors (Lipinski definition) is 5. The van der Waals surface area contributed by atoms with Crippen molar-refractivity contribution in [2.75, 3.05) is 7.11 Å². The van der Waals surface area contributed by atoms with E-state index in [0.717, 1.165) is 6.20 Å². The van der Waals surface area contributed by atoms with Gasteiger partial charge in [-0.1, -0.05) is 0 Å². The van der Waals surface area contributed by atoms with Crippen LogP contribution in [0.3, 0.4) is 0 Å². The molecule has 0 fully saturated rings. The molecule has 1 heterocycles.